The fourth-order valence-corrected chi connectivity index (χ4v) is 3.75. The summed E-state index contributed by atoms with van der Waals surface area (Å²) in [7, 11) is 0. The number of ether oxygens (including phenoxy) is 1. The summed E-state index contributed by atoms with van der Waals surface area (Å²) in [6.07, 6.45) is -2.30. The molecular formula is C18H19ClF3N5O2. The highest BCUT2D eigenvalue weighted by Crippen LogP contribution is 2.32. The van der Waals surface area contributed by atoms with Gasteiger partial charge in [-0.3, -0.25) is 5.10 Å². The molecule has 0 bridgehead atoms. The zero-order chi connectivity index (χ0) is 20.6. The van der Waals surface area contributed by atoms with Crippen molar-refractivity contribution in [1.82, 2.24) is 25.0 Å². The monoisotopic (exact) mass is 429 g/mol. The van der Waals surface area contributed by atoms with E-state index in [0.29, 0.717) is 31.7 Å². The zero-order valence-electron chi connectivity index (χ0n) is 15.3. The van der Waals surface area contributed by atoms with Crippen molar-refractivity contribution in [3.05, 3.63) is 46.5 Å². The van der Waals surface area contributed by atoms with Gasteiger partial charge < -0.3 is 14.5 Å². The maximum absolute atomic E-state index is 12.7. The highest BCUT2D eigenvalue weighted by molar-refractivity contribution is 6.31. The molecule has 1 aromatic carbocycles. The smallest absolute Gasteiger partial charge is 0.370 e. The van der Waals surface area contributed by atoms with Gasteiger partial charge in [-0.1, -0.05) is 17.7 Å². The quantitative estimate of drug-likeness (QED) is 0.809. The standard InChI is InChI=1S/C18H19ClF3N5O2/c19-15-5-13(18(20,21)22)2-1-12(15)9-29-14-7-27(8-14)17(28)26-4-3-11(6-26)16-23-10-24-25-16/h1-2,5,10-11,14H,3-4,6-9H2,(H,23,24,25). The number of rotatable bonds is 4. The molecule has 2 fully saturated rings. The third-order valence-corrected chi connectivity index (χ3v) is 5.60. The van der Waals surface area contributed by atoms with Crippen LogP contribution >= 0.6 is 11.6 Å². The molecule has 0 saturated carbocycles. The maximum atomic E-state index is 12.7. The van der Waals surface area contributed by atoms with E-state index in [0.717, 1.165) is 24.4 Å². The molecule has 29 heavy (non-hydrogen) atoms. The first-order valence-corrected chi connectivity index (χ1v) is 9.55. The number of nitrogens with zero attached hydrogens (tertiary/aromatic N) is 4. The van der Waals surface area contributed by atoms with E-state index in [-0.39, 0.29) is 29.7 Å². The minimum Gasteiger partial charge on any atom is -0.370 e. The average molecular weight is 430 g/mol. The van der Waals surface area contributed by atoms with Crippen molar-refractivity contribution >= 4 is 17.6 Å². The number of alkyl halides is 3. The van der Waals surface area contributed by atoms with E-state index >= 15 is 0 Å². The van der Waals surface area contributed by atoms with Crippen LogP contribution in [0, 0.1) is 0 Å². The summed E-state index contributed by atoms with van der Waals surface area (Å²) < 4.78 is 43.8. The summed E-state index contributed by atoms with van der Waals surface area (Å²) in [6.45, 7) is 2.24. The van der Waals surface area contributed by atoms with Crippen LogP contribution < -0.4 is 0 Å². The second-order valence-electron chi connectivity index (χ2n) is 7.23. The van der Waals surface area contributed by atoms with Gasteiger partial charge in [-0.25, -0.2) is 9.78 Å². The Morgan fingerprint density at radius 1 is 1.28 bits per heavy atom. The number of urea groups is 1. The van der Waals surface area contributed by atoms with E-state index < -0.39 is 11.7 Å². The predicted octanol–water partition coefficient (Wildman–Crippen LogP) is 3.29. The minimum absolute atomic E-state index is 0.0163. The third-order valence-electron chi connectivity index (χ3n) is 5.25. The molecule has 1 aromatic heterocycles. The third kappa shape index (κ3) is 4.32. The molecule has 2 aromatic rings. The van der Waals surface area contributed by atoms with E-state index in [1.54, 1.807) is 9.80 Å². The number of benzene rings is 1. The van der Waals surface area contributed by atoms with Crippen LogP contribution in [0.1, 0.15) is 29.3 Å². The van der Waals surface area contributed by atoms with Gasteiger partial charge in [0.2, 0.25) is 0 Å². The number of H-pyrrole nitrogens is 1. The van der Waals surface area contributed by atoms with Crippen molar-refractivity contribution in [3.63, 3.8) is 0 Å². The number of aromatic nitrogens is 3. The largest absolute Gasteiger partial charge is 0.416 e. The van der Waals surface area contributed by atoms with Gasteiger partial charge in [-0.05, 0) is 24.1 Å². The van der Waals surface area contributed by atoms with Crippen LogP contribution in [0.2, 0.25) is 5.02 Å². The number of carbonyl (C=O) groups excluding carboxylic acids is 1. The number of halogens is 4. The lowest BCUT2D eigenvalue weighted by molar-refractivity contribution is -0.137. The van der Waals surface area contributed by atoms with Crippen LogP contribution in [0.25, 0.3) is 0 Å². The summed E-state index contributed by atoms with van der Waals surface area (Å²) in [4.78, 5) is 20.2. The number of carbonyl (C=O) groups is 1. The highest BCUT2D eigenvalue weighted by atomic mass is 35.5. The topological polar surface area (TPSA) is 74.3 Å². The molecule has 1 N–H and O–H groups in total. The second kappa shape index (κ2) is 7.83. The molecule has 2 saturated heterocycles. The Labute approximate surface area is 169 Å². The van der Waals surface area contributed by atoms with Crippen LogP contribution in [0.15, 0.2) is 24.5 Å². The van der Waals surface area contributed by atoms with E-state index in [2.05, 4.69) is 15.2 Å². The molecule has 7 nitrogen and oxygen atoms in total. The van der Waals surface area contributed by atoms with E-state index in [1.165, 1.54) is 12.4 Å². The van der Waals surface area contributed by atoms with Gasteiger partial charge in [-0.2, -0.15) is 18.3 Å². The van der Waals surface area contributed by atoms with E-state index in [9.17, 15) is 18.0 Å². The van der Waals surface area contributed by atoms with E-state index in [4.69, 9.17) is 16.3 Å². The fraction of sp³-hybridized carbons (Fsp3) is 0.500. The first-order chi connectivity index (χ1) is 13.8. The minimum atomic E-state index is -4.43. The SMILES string of the molecule is O=C(N1CC(OCc2ccc(C(F)(F)F)cc2Cl)C1)N1CCC(c2ncn[nH]2)C1. The number of nitrogens with one attached hydrogen (secondary N) is 1. The maximum Gasteiger partial charge on any atom is 0.416 e. The lowest BCUT2D eigenvalue weighted by Gasteiger charge is -2.40. The number of aromatic amines is 1. The average Bonchev–Trinajstić information content (AvgIpc) is 3.31. The summed E-state index contributed by atoms with van der Waals surface area (Å²) in [5.41, 5.74) is -0.306. The van der Waals surface area contributed by atoms with Gasteiger partial charge in [0.1, 0.15) is 12.2 Å². The van der Waals surface area contributed by atoms with Gasteiger partial charge in [0.25, 0.3) is 0 Å². The molecule has 1 atom stereocenters. The summed E-state index contributed by atoms with van der Waals surface area (Å²) in [5, 5.41) is 6.71. The molecule has 2 aliphatic rings. The van der Waals surface area contributed by atoms with Gasteiger partial charge in [0, 0.05) is 24.0 Å². The molecular weight excluding hydrogens is 411 g/mol. The molecule has 2 aliphatic heterocycles. The normalized spacial score (nSPS) is 20.2. The summed E-state index contributed by atoms with van der Waals surface area (Å²) in [6, 6.07) is 3.16. The first kappa shape index (κ1) is 20.0. The molecule has 0 spiro atoms. The molecule has 0 aliphatic carbocycles. The van der Waals surface area contributed by atoms with Crippen molar-refractivity contribution in [2.75, 3.05) is 26.2 Å². The molecule has 11 heteroatoms. The van der Waals surface area contributed by atoms with Crippen LogP contribution in [0.3, 0.4) is 0 Å². The Balaban J connectivity index is 1.23. The Morgan fingerprint density at radius 3 is 2.72 bits per heavy atom. The Bertz CT molecular complexity index is 871. The van der Waals surface area contributed by atoms with Gasteiger partial charge in [-0.15, -0.1) is 0 Å². The van der Waals surface area contributed by atoms with Crippen molar-refractivity contribution in [3.8, 4) is 0 Å². The lowest BCUT2D eigenvalue weighted by Crippen LogP contribution is -2.58. The first-order valence-electron chi connectivity index (χ1n) is 9.17. The Morgan fingerprint density at radius 2 is 2.07 bits per heavy atom. The molecule has 3 heterocycles. The molecule has 0 radical (unpaired) electrons. The van der Waals surface area contributed by atoms with Crippen molar-refractivity contribution < 1.29 is 22.7 Å². The number of likely N-dealkylation sites (tertiary alicyclic amines) is 2. The number of amides is 2. The van der Waals surface area contributed by atoms with Gasteiger partial charge in [0.05, 0.1) is 31.4 Å². The van der Waals surface area contributed by atoms with Crippen molar-refractivity contribution in [1.29, 1.82) is 0 Å². The number of hydrogen-bond donors (Lipinski definition) is 1. The summed E-state index contributed by atoms with van der Waals surface area (Å²) in [5.74, 6) is 0.954. The lowest BCUT2D eigenvalue weighted by atomic mass is 10.1. The zero-order valence-corrected chi connectivity index (χ0v) is 16.1. The van der Waals surface area contributed by atoms with Crippen molar-refractivity contribution in [2.24, 2.45) is 0 Å². The second-order valence-corrected chi connectivity index (χ2v) is 7.63. The Hall–Kier alpha value is -2.33. The number of hydrogen-bond acceptors (Lipinski definition) is 4. The van der Waals surface area contributed by atoms with Gasteiger partial charge in [0.15, 0.2) is 0 Å². The van der Waals surface area contributed by atoms with Crippen LogP contribution in [-0.2, 0) is 17.5 Å². The predicted molar refractivity (Wildman–Crippen MR) is 97.3 cm³/mol. The molecule has 1 unspecified atom stereocenters. The molecule has 156 valence electrons. The van der Waals surface area contributed by atoms with Crippen LogP contribution in [0.4, 0.5) is 18.0 Å². The summed E-state index contributed by atoms with van der Waals surface area (Å²) >= 11 is 5.94. The van der Waals surface area contributed by atoms with Crippen LogP contribution in [-0.4, -0.2) is 63.3 Å². The highest BCUT2D eigenvalue weighted by Gasteiger charge is 2.37. The van der Waals surface area contributed by atoms with Gasteiger partial charge >= 0.3 is 12.2 Å². The molecule has 4 rings (SSSR count). The Kier molecular flexibility index (Phi) is 5.39. The van der Waals surface area contributed by atoms with Crippen LogP contribution in [0.5, 0.6) is 0 Å². The molecule has 2 amide bonds. The van der Waals surface area contributed by atoms with E-state index in [1.807, 2.05) is 0 Å². The fourth-order valence-electron chi connectivity index (χ4n) is 3.52. The van der Waals surface area contributed by atoms with Crippen molar-refractivity contribution in [2.45, 2.75) is 31.2 Å².